The zero-order valence-electron chi connectivity index (χ0n) is 46.1. The average molecular weight is 1040 g/mol. The molecular formula is C57H107N5O11. The molecule has 0 saturated carbocycles. The van der Waals surface area contributed by atoms with Gasteiger partial charge in [-0.2, -0.15) is 0 Å². The highest BCUT2D eigenvalue weighted by Gasteiger charge is 2.30. The van der Waals surface area contributed by atoms with E-state index in [1.54, 1.807) is 0 Å². The number of amides is 3. The van der Waals surface area contributed by atoms with Crippen molar-refractivity contribution in [2.45, 2.75) is 301 Å². The van der Waals surface area contributed by atoms with E-state index in [0.717, 1.165) is 44.9 Å². The standard InChI is InChI=1S/C57H107N5O11/c1-3-5-7-9-11-13-15-17-19-21-23-25-27-29-31-35-45-72-53(67)43-40-50(57(71)73-46-36-32-30-28-26-24-22-20-18-16-14-12-10-8-6-4-2)62-56(70)49(61-55(69)48(59)39-42-52(65)66)37-33-34-44-60-54(68)47(58)38-41-51(63)64/h47-50H,3-46,58-59H2,1-2H3,(H,60,68)(H,61,69)(H,62,70)(H,63,64)(H,65,66). The molecule has 0 aromatic rings. The normalized spacial score (nSPS) is 12.9. The van der Waals surface area contributed by atoms with E-state index in [9.17, 15) is 33.6 Å². The van der Waals surface area contributed by atoms with Crippen LogP contribution in [0.3, 0.4) is 0 Å². The van der Waals surface area contributed by atoms with Crippen molar-refractivity contribution >= 4 is 41.6 Å². The van der Waals surface area contributed by atoms with Crippen LogP contribution in [-0.4, -0.2) is 95.7 Å². The van der Waals surface area contributed by atoms with Gasteiger partial charge in [0.2, 0.25) is 17.7 Å². The van der Waals surface area contributed by atoms with Gasteiger partial charge >= 0.3 is 23.9 Å². The number of esters is 2. The summed E-state index contributed by atoms with van der Waals surface area (Å²) in [6.07, 6.45) is 38.9. The van der Waals surface area contributed by atoms with Gasteiger partial charge < -0.3 is 47.1 Å². The number of carbonyl (C=O) groups is 7. The molecule has 73 heavy (non-hydrogen) atoms. The van der Waals surface area contributed by atoms with Crippen LogP contribution in [0.4, 0.5) is 0 Å². The highest BCUT2D eigenvalue weighted by molar-refractivity contribution is 5.92. The Morgan fingerprint density at radius 1 is 0.384 bits per heavy atom. The molecule has 0 aliphatic rings. The van der Waals surface area contributed by atoms with E-state index in [1.807, 2.05) is 0 Å². The third kappa shape index (κ3) is 45.3. The molecule has 0 aromatic carbocycles. The van der Waals surface area contributed by atoms with Crippen molar-refractivity contribution < 1.29 is 53.2 Å². The van der Waals surface area contributed by atoms with Crippen molar-refractivity contribution in [3.63, 3.8) is 0 Å². The molecule has 0 bridgehead atoms. The number of nitrogens with two attached hydrogens (primary N) is 2. The minimum Gasteiger partial charge on any atom is -0.481 e. The molecule has 0 aromatic heterocycles. The molecule has 0 aliphatic heterocycles. The van der Waals surface area contributed by atoms with Crippen molar-refractivity contribution in [1.82, 2.24) is 16.0 Å². The molecule has 0 radical (unpaired) electrons. The summed E-state index contributed by atoms with van der Waals surface area (Å²) in [6.45, 7) is 5.08. The van der Waals surface area contributed by atoms with Gasteiger partial charge in [-0.15, -0.1) is 0 Å². The molecule has 4 atom stereocenters. The summed E-state index contributed by atoms with van der Waals surface area (Å²) >= 11 is 0. The molecule has 0 aliphatic carbocycles. The number of nitrogens with one attached hydrogen (secondary N) is 3. The number of carboxylic acid groups (broad SMARTS) is 2. The zero-order valence-corrected chi connectivity index (χ0v) is 46.1. The number of rotatable bonds is 54. The molecule has 3 amide bonds. The van der Waals surface area contributed by atoms with Crippen LogP contribution in [0.25, 0.3) is 0 Å². The molecule has 0 spiro atoms. The summed E-state index contributed by atoms with van der Waals surface area (Å²) in [7, 11) is 0. The van der Waals surface area contributed by atoms with E-state index >= 15 is 0 Å². The fourth-order valence-corrected chi connectivity index (χ4v) is 8.80. The van der Waals surface area contributed by atoms with Crippen LogP contribution in [0.15, 0.2) is 0 Å². The second kappa shape index (κ2) is 50.4. The van der Waals surface area contributed by atoms with Crippen molar-refractivity contribution in [1.29, 1.82) is 0 Å². The first-order chi connectivity index (χ1) is 35.3. The van der Waals surface area contributed by atoms with Gasteiger partial charge in [-0.1, -0.05) is 206 Å². The molecule has 16 heteroatoms. The van der Waals surface area contributed by atoms with Crippen molar-refractivity contribution in [3.05, 3.63) is 0 Å². The third-order valence-corrected chi connectivity index (χ3v) is 13.6. The Bertz CT molecular complexity index is 1420. The third-order valence-electron chi connectivity index (χ3n) is 13.6. The summed E-state index contributed by atoms with van der Waals surface area (Å²) in [6, 6.07) is -4.64. The lowest BCUT2D eigenvalue weighted by Crippen LogP contribution is -2.54. The lowest BCUT2D eigenvalue weighted by molar-refractivity contribution is -0.149. The molecule has 9 N–H and O–H groups in total. The fourth-order valence-electron chi connectivity index (χ4n) is 8.80. The van der Waals surface area contributed by atoms with Crippen molar-refractivity contribution in [3.8, 4) is 0 Å². The second-order valence-corrected chi connectivity index (χ2v) is 20.5. The number of hydrogen-bond acceptors (Lipinski definition) is 11. The zero-order chi connectivity index (χ0) is 54.0. The number of carboxylic acids is 2. The smallest absolute Gasteiger partial charge is 0.328 e. The van der Waals surface area contributed by atoms with Gasteiger partial charge in [0, 0.05) is 25.8 Å². The Labute approximate surface area is 441 Å². The molecule has 16 nitrogen and oxygen atoms in total. The Morgan fingerprint density at radius 3 is 1.14 bits per heavy atom. The van der Waals surface area contributed by atoms with E-state index in [2.05, 4.69) is 29.8 Å². The van der Waals surface area contributed by atoms with Gasteiger partial charge in [-0.25, -0.2) is 4.79 Å². The predicted molar refractivity (Wildman–Crippen MR) is 291 cm³/mol. The topological polar surface area (TPSA) is 267 Å². The Balaban J connectivity index is 5.21. The molecule has 0 rings (SSSR count). The summed E-state index contributed by atoms with van der Waals surface area (Å²) in [5.41, 5.74) is 11.8. The maximum absolute atomic E-state index is 13.9. The summed E-state index contributed by atoms with van der Waals surface area (Å²) in [5, 5.41) is 25.9. The van der Waals surface area contributed by atoms with Crippen LogP contribution in [0.1, 0.15) is 277 Å². The van der Waals surface area contributed by atoms with E-state index < -0.39 is 65.8 Å². The quantitative estimate of drug-likeness (QED) is 0.0221. The molecule has 426 valence electrons. The van der Waals surface area contributed by atoms with Gasteiger partial charge in [0.25, 0.3) is 0 Å². The van der Waals surface area contributed by atoms with Crippen LogP contribution in [0.5, 0.6) is 0 Å². The lowest BCUT2D eigenvalue weighted by atomic mass is 10.0. The molecule has 0 heterocycles. The van der Waals surface area contributed by atoms with Gasteiger partial charge in [-0.05, 0) is 51.4 Å². The minimum absolute atomic E-state index is 0.0298. The largest absolute Gasteiger partial charge is 0.481 e. The first kappa shape index (κ1) is 69.2. The predicted octanol–water partition coefficient (Wildman–Crippen LogP) is 11.0. The van der Waals surface area contributed by atoms with Gasteiger partial charge in [0.1, 0.15) is 12.1 Å². The summed E-state index contributed by atoms with van der Waals surface area (Å²) < 4.78 is 11.2. The first-order valence-corrected chi connectivity index (χ1v) is 29.5. The van der Waals surface area contributed by atoms with Crippen molar-refractivity contribution in [2.75, 3.05) is 19.8 Å². The molecular weight excluding hydrogens is 931 g/mol. The average Bonchev–Trinajstić information content (AvgIpc) is 3.36. The van der Waals surface area contributed by atoms with E-state index in [0.29, 0.717) is 19.3 Å². The highest BCUT2D eigenvalue weighted by Crippen LogP contribution is 2.16. The summed E-state index contributed by atoms with van der Waals surface area (Å²) in [5.74, 6) is -5.38. The number of ether oxygens (including phenoxy) is 2. The van der Waals surface area contributed by atoms with Crippen LogP contribution in [0, 0.1) is 0 Å². The lowest BCUT2D eigenvalue weighted by Gasteiger charge is -2.24. The maximum atomic E-state index is 13.9. The number of unbranched alkanes of at least 4 members (excludes halogenated alkanes) is 31. The second-order valence-electron chi connectivity index (χ2n) is 20.5. The van der Waals surface area contributed by atoms with Gasteiger partial charge in [-0.3, -0.25) is 28.8 Å². The first-order valence-electron chi connectivity index (χ1n) is 29.5. The molecule has 0 saturated heterocycles. The van der Waals surface area contributed by atoms with Crippen LogP contribution in [-0.2, 0) is 43.0 Å². The van der Waals surface area contributed by atoms with Gasteiger partial charge in [0.05, 0.1) is 25.3 Å². The molecule has 0 fully saturated rings. The van der Waals surface area contributed by atoms with Crippen LogP contribution < -0.4 is 27.4 Å². The monoisotopic (exact) mass is 1040 g/mol. The highest BCUT2D eigenvalue weighted by atomic mass is 16.5. The summed E-state index contributed by atoms with van der Waals surface area (Å²) in [4.78, 5) is 87.7. The Kier molecular flexibility index (Phi) is 47.8. The van der Waals surface area contributed by atoms with E-state index in [4.69, 9.17) is 31.2 Å². The van der Waals surface area contributed by atoms with E-state index in [-0.39, 0.29) is 64.7 Å². The van der Waals surface area contributed by atoms with Crippen LogP contribution in [0.2, 0.25) is 0 Å². The van der Waals surface area contributed by atoms with Gasteiger partial charge in [0.15, 0.2) is 0 Å². The van der Waals surface area contributed by atoms with E-state index in [1.165, 1.54) is 154 Å². The number of carbonyl (C=O) groups excluding carboxylic acids is 5. The molecule has 4 unspecified atom stereocenters. The number of aliphatic carboxylic acids is 2. The van der Waals surface area contributed by atoms with Crippen molar-refractivity contribution in [2.24, 2.45) is 11.5 Å². The van der Waals surface area contributed by atoms with Crippen LogP contribution >= 0.6 is 0 Å². The minimum atomic E-state index is -1.22. The SMILES string of the molecule is CCCCCCCCCCCCCCCCCCOC(=O)CCC(NC(=O)C(CCCCNC(=O)C(N)CCC(=O)O)NC(=O)C(N)CCC(=O)O)C(=O)OCCCCCCCCCCCCCCCCCC. The Hall–Kier alpha value is -3.79. The number of hydrogen-bond donors (Lipinski definition) is 7. The Morgan fingerprint density at radius 2 is 0.740 bits per heavy atom. The maximum Gasteiger partial charge on any atom is 0.328 e. The fraction of sp³-hybridized carbons (Fsp3) is 0.877.